The highest BCUT2D eigenvalue weighted by Crippen LogP contribution is 2.40. The van der Waals surface area contributed by atoms with Gasteiger partial charge in [-0.3, -0.25) is 9.59 Å². The minimum Gasteiger partial charge on any atom is -0.352 e. The Morgan fingerprint density at radius 2 is 1.97 bits per heavy atom. The Balaban J connectivity index is 1.53. The second kappa shape index (κ2) is 7.90. The number of imidazole rings is 1. The van der Waals surface area contributed by atoms with Gasteiger partial charge in [0.1, 0.15) is 11.4 Å². The molecule has 0 saturated carbocycles. The fourth-order valence-corrected chi connectivity index (χ4v) is 4.28. The van der Waals surface area contributed by atoms with Crippen molar-refractivity contribution in [1.82, 2.24) is 29.5 Å². The van der Waals surface area contributed by atoms with Crippen LogP contribution in [0.2, 0.25) is 0 Å². The first kappa shape index (κ1) is 19.5. The van der Waals surface area contributed by atoms with Crippen LogP contribution in [0, 0.1) is 0 Å². The second-order valence-electron chi connectivity index (χ2n) is 7.44. The van der Waals surface area contributed by atoms with Crippen molar-refractivity contribution in [2.24, 2.45) is 0 Å². The molecule has 1 spiro atoms. The maximum absolute atomic E-state index is 13.0. The quantitative estimate of drug-likeness (QED) is 0.765. The van der Waals surface area contributed by atoms with Gasteiger partial charge < -0.3 is 19.1 Å². The molecule has 2 aromatic heterocycles. The SMILES string of the molecule is CCN(CC)C(=O)C1Cn2ccnc2C2(CCN(C(=O)c3ccnnc3)CC2)O1. The number of carbonyl (C=O) groups excluding carboxylic acids is 2. The maximum atomic E-state index is 13.0. The van der Waals surface area contributed by atoms with Crippen molar-refractivity contribution in [3.8, 4) is 0 Å². The summed E-state index contributed by atoms with van der Waals surface area (Å²) >= 11 is 0. The molecule has 2 aliphatic rings. The van der Waals surface area contributed by atoms with Crippen molar-refractivity contribution in [2.45, 2.75) is 44.9 Å². The summed E-state index contributed by atoms with van der Waals surface area (Å²) in [6, 6.07) is 1.67. The molecule has 29 heavy (non-hydrogen) atoms. The third-order valence-electron chi connectivity index (χ3n) is 5.89. The first-order valence-corrected chi connectivity index (χ1v) is 10.1. The highest BCUT2D eigenvalue weighted by Gasteiger charge is 2.48. The number of nitrogens with zero attached hydrogens (tertiary/aromatic N) is 6. The van der Waals surface area contributed by atoms with E-state index in [1.165, 1.54) is 12.4 Å². The van der Waals surface area contributed by atoms with Crippen LogP contribution < -0.4 is 0 Å². The van der Waals surface area contributed by atoms with Gasteiger partial charge in [-0.05, 0) is 19.9 Å². The Bertz CT molecular complexity index is 871. The Kier molecular flexibility index (Phi) is 5.31. The monoisotopic (exact) mass is 398 g/mol. The van der Waals surface area contributed by atoms with Gasteiger partial charge in [0.05, 0.1) is 24.5 Å². The number of ether oxygens (including phenoxy) is 1. The first-order valence-electron chi connectivity index (χ1n) is 10.1. The molecule has 1 atom stereocenters. The highest BCUT2D eigenvalue weighted by atomic mass is 16.5. The zero-order chi connectivity index (χ0) is 20.4. The molecule has 0 bridgehead atoms. The van der Waals surface area contributed by atoms with Crippen LogP contribution in [0.4, 0.5) is 0 Å². The second-order valence-corrected chi connectivity index (χ2v) is 7.44. The number of amides is 2. The van der Waals surface area contributed by atoms with Gasteiger partial charge in [0.25, 0.3) is 11.8 Å². The molecule has 2 aliphatic heterocycles. The molecule has 0 radical (unpaired) electrons. The van der Waals surface area contributed by atoms with Gasteiger partial charge in [0.15, 0.2) is 6.10 Å². The lowest BCUT2D eigenvalue weighted by atomic mass is 9.88. The lowest BCUT2D eigenvalue weighted by Gasteiger charge is -2.46. The number of aromatic nitrogens is 4. The Morgan fingerprint density at radius 1 is 1.21 bits per heavy atom. The van der Waals surface area contributed by atoms with Crippen LogP contribution in [0.25, 0.3) is 0 Å². The van der Waals surface area contributed by atoms with Crippen LogP contribution in [-0.4, -0.2) is 73.6 Å². The standard InChI is InChI=1S/C20H26N6O3/c1-3-24(4-2)18(28)16-14-26-12-9-21-19(26)20(29-16)6-10-25(11-7-20)17(27)15-5-8-22-23-13-15/h5,8-9,12-13,16H,3-4,6-7,10-11,14H2,1-2H3. The fourth-order valence-electron chi connectivity index (χ4n) is 4.28. The normalized spacial score (nSPS) is 20.3. The van der Waals surface area contributed by atoms with E-state index in [0.717, 1.165) is 5.82 Å². The summed E-state index contributed by atoms with van der Waals surface area (Å²) in [6.45, 7) is 6.78. The molecule has 4 rings (SSSR count). The largest absolute Gasteiger partial charge is 0.352 e. The summed E-state index contributed by atoms with van der Waals surface area (Å²) in [5.41, 5.74) is -0.126. The van der Waals surface area contributed by atoms with Crippen LogP contribution in [0.1, 0.15) is 42.9 Å². The van der Waals surface area contributed by atoms with Gasteiger partial charge in [0, 0.05) is 51.4 Å². The van der Waals surface area contributed by atoms with Crippen molar-refractivity contribution >= 4 is 11.8 Å². The minimum atomic E-state index is -0.650. The predicted octanol–water partition coefficient (Wildman–Crippen LogP) is 1.07. The lowest BCUT2D eigenvalue weighted by Crippen LogP contribution is -2.55. The molecular formula is C20H26N6O3. The number of likely N-dealkylation sites (N-methyl/N-ethyl adjacent to an activating group) is 1. The number of rotatable bonds is 4. The van der Waals surface area contributed by atoms with E-state index in [9.17, 15) is 9.59 Å². The van der Waals surface area contributed by atoms with E-state index in [1.54, 1.807) is 22.1 Å². The Labute approximate surface area is 169 Å². The Hall–Kier alpha value is -2.81. The third-order valence-corrected chi connectivity index (χ3v) is 5.89. The molecule has 1 fully saturated rings. The average molecular weight is 398 g/mol. The number of likely N-dealkylation sites (tertiary alicyclic amines) is 1. The van der Waals surface area contributed by atoms with Crippen LogP contribution in [0.15, 0.2) is 30.9 Å². The fraction of sp³-hybridized carbons (Fsp3) is 0.550. The van der Waals surface area contributed by atoms with Crippen molar-refractivity contribution in [3.05, 3.63) is 42.2 Å². The summed E-state index contributed by atoms with van der Waals surface area (Å²) in [7, 11) is 0. The summed E-state index contributed by atoms with van der Waals surface area (Å²) < 4.78 is 8.47. The van der Waals surface area contributed by atoms with Gasteiger partial charge in [-0.15, -0.1) is 0 Å². The molecule has 2 aromatic rings. The Morgan fingerprint density at radius 3 is 2.62 bits per heavy atom. The zero-order valence-corrected chi connectivity index (χ0v) is 16.8. The number of piperidine rings is 1. The third kappa shape index (κ3) is 3.50. The van der Waals surface area contributed by atoms with Crippen LogP contribution in [0.5, 0.6) is 0 Å². The molecule has 0 N–H and O–H groups in total. The lowest BCUT2D eigenvalue weighted by molar-refractivity contribution is -0.179. The van der Waals surface area contributed by atoms with E-state index < -0.39 is 11.7 Å². The van der Waals surface area contributed by atoms with Gasteiger partial charge in [-0.2, -0.15) is 10.2 Å². The number of hydrogen-bond acceptors (Lipinski definition) is 6. The molecule has 9 nitrogen and oxygen atoms in total. The van der Waals surface area contributed by atoms with Gasteiger partial charge >= 0.3 is 0 Å². The number of carbonyl (C=O) groups is 2. The van der Waals surface area contributed by atoms with Gasteiger partial charge in [0.2, 0.25) is 0 Å². The molecular weight excluding hydrogens is 372 g/mol. The van der Waals surface area contributed by atoms with Crippen molar-refractivity contribution < 1.29 is 14.3 Å². The molecule has 9 heteroatoms. The maximum Gasteiger partial charge on any atom is 0.255 e. The van der Waals surface area contributed by atoms with Gasteiger partial charge in [-0.25, -0.2) is 4.98 Å². The highest BCUT2D eigenvalue weighted by molar-refractivity contribution is 5.93. The van der Waals surface area contributed by atoms with Gasteiger partial charge in [-0.1, -0.05) is 0 Å². The first-order chi connectivity index (χ1) is 14.1. The van der Waals surface area contributed by atoms with Crippen molar-refractivity contribution in [3.63, 3.8) is 0 Å². The van der Waals surface area contributed by atoms with Crippen LogP contribution in [0.3, 0.4) is 0 Å². The van der Waals surface area contributed by atoms with Crippen molar-refractivity contribution in [2.75, 3.05) is 26.2 Å². The molecule has 4 heterocycles. The molecule has 1 unspecified atom stereocenters. The summed E-state index contributed by atoms with van der Waals surface area (Å²) in [5, 5.41) is 7.52. The number of hydrogen-bond donors (Lipinski definition) is 0. The molecule has 154 valence electrons. The van der Waals surface area contributed by atoms with E-state index in [0.29, 0.717) is 51.1 Å². The van der Waals surface area contributed by atoms with Crippen LogP contribution >= 0.6 is 0 Å². The molecule has 1 saturated heterocycles. The summed E-state index contributed by atoms with van der Waals surface area (Å²) in [5.74, 6) is 0.790. The molecule has 2 amide bonds. The smallest absolute Gasteiger partial charge is 0.255 e. The van der Waals surface area contributed by atoms with E-state index in [1.807, 2.05) is 24.6 Å². The molecule has 0 aliphatic carbocycles. The number of fused-ring (bicyclic) bond motifs is 2. The average Bonchev–Trinajstić information content (AvgIpc) is 3.25. The summed E-state index contributed by atoms with van der Waals surface area (Å²) in [4.78, 5) is 33.8. The summed E-state index contributed by atoms with van der Waals surface area (Å²) in [6.07, 6.45) is 7.31. The minimum absolute atomic E-state index is 0.00934. The van der Waals surface area contributed by atoms with Crippen LogP contribution in [-0.2, 0) is 21.7 Å². The topological polar surface area (TPSA) is 93.5 Å². The van der Waals surface area contributed by atoms with E-state index in [-0.39, 0.29) is 11.8 Å². The van der Waals surface area contributed by atoms with Crippen molar-refractivity contribution in [1.29, 1.82) is 0 Å². The van der Waals surface area contributed by atoms with E-state index >= 15 is 0 Å². The predicted molar refractivity (Wildman–Crippen MR) is 104 cm³/mol. The van der Waals surface area contributed by atoms with E-state index in [4.69, 9.17) is 4.74 Å². The zero-order valence-electron chi connectivity index (χ0n) is 16.8. The van der Waals surface area contributed by atoms with E-state index in [2.05, 4.69) is 15.2 Å². The molecule has 0 aromatic carbocycles.